The highest BCUT2D eigenvalue weighted by Crippen LogP contribution is 2.20. The average Bonchev–Trinajstić information content (AvgIpc) is 2.28. The number of carbonyl (C=O) groups excluding carboxylic acids is 1. The Hall–Kier alpha value is -2.37. The molecule has 0 heterocycles. The molecule has 0 radical (unpaired) electrons. The van der Waals surface area contributed by atoms with Crippen molar-refractivity contribution in [1.82, 2.24) is 0 Å². The van der Waals surface area contributed by atoms with Crippen molar-refractivity contribution in [2.45, 2.75) is 6.61 Å². The van der Waals surface area contributed by atoms with Crippen LogP contribution in [-0.2, 0) is 6.61 Å². The minimum Gasteiger partial charge on any atom is -0.391 e. The van der Waals surface area contributed by atoms with Gasteiger partial charge in [-0.05, 0) is 12.1 Å². The van der Waals surface area contributed by atoms with E-state index in [2.05, 4.69) is 4.79 Å². The van der Waals surface area contributed by atoms with Crippen LogP contribution in [0.15, 0.2) is 18.2 Å². The summed E-state index contributed by atoms with van der Waals surface area (Å²) in [5.74, 6) is -0.657. The predicted octanol–water partition coefficient (Wildman–Crippen LogP) is 0.570. The summed E-state index contributed by atoms with van der Waals surface area (Å²) in [4.78, 5) is 23.7. The van der Waals surface area contributed by atoms with Crippen molar-refractivity contribution in [2.75, 3.05) is 0 Å². The topological polar surface area (TPSA) is 117 Å². The molecule has 0 atom stereocenters. The molecule has 0 saturated carbocycles. The molecule has 0 spiro atoms. The van der Waals surface area contributed by atoms with Crippen molar-refractivity contribution >= 4 is 17.7 Å². The second kappa shape index (κ2) is 4.92. The first-order valence-electron chi connectivity index (χ1n) is 4.20. The summed E-state index contributed by atoms with van der Waals surface area (Å²) in [6.07, 6.45) is 0.637. The number of nitro benzene ring substituents is 1. The zero-order valence-electron chi connectivity index (χ0n) is 8.03. The number of Topliss-reactive ketones (excluding diaryl/α,β-unsaturated/α-hetero) is 1. The van der Waals surface area contributed by atoms with Gasteiger partial charge in [-0.15, -0.1) is 0 Å². The van der Waals surface area contributed by atoms with Crippen LogP contribution in [0.3, 0.4) is 0 Å². The molecule has 1 aromatic carbocycles. The molecular formula is C9H7N3O4. The molecule has 1 aromatic rings. The molecule has 1 N–H and O–H groups in total. The quantitative estimate of drug-likeness (QED) is 0.200. The second-order valence-corrected chi connectivity index (χ2v) is 2.87. The first kappa shape index (κ1) is 11.7. The van der Waals surface area contributed by atoms with Crippen LogP contribution < -0.4 is 0 Å². The van der Waals surface area contributed by atoms with Crippen molar-refractivity contribution < 1.29 is 19.6 Å². The normalized spacial score (nSPS) is 9.31. The Morgan fingerprint density at radius 2 is 2.31 bits per heavy atom. The number of nitro groups is 1. The zero-order chi connectivity index (χ0) is 12.1. The van der Waals surface area contributed by atoms with Crippen LogP contribution in [0, 0.1) is 10.1 Å². The van der Waals surface area contributed by atoms with Crippen LogP contribution in [0.1, 0.15) is 15.9 Å². The predicted molar refractivity (Wildman–Crippen MR) is 53.0 cm³/mol. The highest BCUT2D eigenvalue weighted by Gasteiger charge is 2.17. The number of hydrogen-bond acceptors (Lipinski definition) is 4. The molecule has 0 bridgehead atoms. The third-order valence-corrected chi connectivity index (χ3v) is 1.91. The first-order valence-corrected chi connectivity index (χ1v) is 4.20. The fraction of sp³-hybridized carbons (Fsp3) is 0.111. The van der Waals surface area contributed by atoms with Gasteiger partial charge in [0.05, 0.1) is 17.1 Å². The number of ketones is 1. The number of aliphatic hydroxyl groups excluding tert-OH is 1. The van der Waals surface area contributed by atoms with E-state index in [1.54, 1.807) is 0 Å². The third-order valence-electron chi connectivity index (χ3n) is 1.91. The van der Waals surface area contributed by atoms with Gasteiger partial charge in [-0.2, -0.15) is 4.79 Å². The van der Waals surface area contributed by atoms with Gasteiger partial charge < -0.3 is 10.6 Å². The summed E-state index contributed by atoms with van der Waals surface area (Å²) in [5.41, 5.74) is 7.93. The summed E-state index contributed by atoms with van der Waals surface area (Å²) in [6.45, 7) is -0.487. The summed E-state index contributed by atoms with van der Waals surface area (Å²) < 4.78 is 0. The van der Waals surface area contributed by atoms with Crippen LogP contribution in [0.5, 0.6) is 0 Å². The number of aliphatic hydroxyl groups is 1. The van der Waals surface area contributed by atoms with Crippen molar-refractivity contribution in [2.24, 2.45) is 0 Å². The van der Waals surface area contributed by atoms with E-state index in [1.807, 2.05) is 0 Å². The van der Waals surface area contributed by atoms with Gasteiger partial charge in [-0.25, -0.2) is 0 Å². The fourth-order valence-electron chi connectivity index (χ4n) is 1.15. The number of hydrogen-bond donors (Lipinski definition) is 1. The maximum Gasteiger partial charge on any atom is 0.328 e. The molecule has 0 aliphatic heterocycles. The van der Waals surface area contributed by atoms with E-state index in [0.717, 1.165) is 6.07 Å². The number of rotatable bonds is 4. The SMILES string of the molecule is [N-]=[N+]=CC(=O)c1ccc(CO)c([N+](=O)[O-])c1. The maximum absolute atomic E-state index is 11.2. The smallest absolute Gasteiger partial charge is 0.328 e. The Labute approximate surface area is 89.7 Å². The molecule has 7 nitrogen and oxygen atoms in total. The zero-order valence-corrected chi connectivity index (χ0v) is 8.03. The molecule has 0 aromatic heterocycles. The van der Waals surface area contributed by atoms with Crippen LogP contribution in [0.4, 0.5) is 5.69 Å². The molecule has 16 heavy (non-hydrogen) atoms. The van der Waals surface area contributed by atoms with Gasteiger partial charge in [0.1, 0.15) is 0 Å². The Kier molecular flexibility index (Phi) is 3.60. The highest BCUT2D eigenvalue weighted by atomic mass is 16.6. The standard InChI is InChI=1S/C9H7N3O4/c10-11-4-9(14)6-1-2-7(5-13)8(3-6)12(15)16/h1-4,13H,5H2. The van der Waals surface area contributed by atoms with Crippen molar-refractivity contribution in [1.29, 1.82) is 0 Å². The molecule has 0 unspecified atom stereocenters. The number of nitrogens with zero attached hydrogens (tertiary/aromatic N) is 3. The van der Waals surface area contributed by atoms with Crippen LogP contribution in [-0.4, -0.2) is 26.8 Å². The van der Waals surface area contributed by atoms with Crippen molar-refractivity contribution in [3.05, 3.63) is 45.0 Å². The van der Waals surface area contributed by atoms with Crippen LogP contribution >= 0.6 is 0 Å². The van der Waals surface area contributed by atoms with E-state index in [1.165, 1.54) is 12.1 Å². The molecule has 0 amide bonds. The number of benzene rings is 1. The number of carbonyl (C=O) groups is 1. The monoisotopic (exact) mass is 221 g/mol. The minimum atomic E-state index is -0.696. The summed E-state index contributed by atoms with van der Waals surface area (Å²) in [5, 5.41) is 19.5. The Morgan fingerprint density at radius 3 is 2.81 bits per heavy atom. The summed E-state index contributed by atoms with van der Waals surface area (Å²) >= 11 is 0. The average molecular weight is 221 g/mol. The van der Waals surface area contributed by atoms with Gasteiger partial charge in [-0.3, -0.25) is 14.9 Å². The lowest BCUT2D eigenvalue weighted by atomic mass is 10.1. The molecular weight excluding hydrogens is 214 g/mol. The lowest BCUT2D eigenvalue weighted by Crippen LogP contribution is -2.04. The maximum atomic E-state index is 11.2. The first-order chi connectivity index (χ1) is 7.60. The van der Waals surface area contributed by atoms with Crippen molar-refractivity contribution in [3.63, 3.8) is 0 Å². The Balaban J connectivity index is 3.26. The second-order valence-electron chi connectivity index (χ2n) is 2.87. The Bertz CT molecular complexity index is 492. The molecule has 0 fully saturated rings. The lowest BCUT2D eigenvalue weighted by molar-refractivity contribution is -0.385. The molecule has 0 aliphatic carbocycles. The largest absolute Gasteiger partial charge is 0.391 e. The van der Waals surface area contributed by atoms with Crippen LogP contribution in [0.25, 0.3) is 5.53 Å². The van der Waals surface area contributed by atoms with E-state index in [0.29, 0.717) is 6.21 Å². The lowest BCUT2D eigenvalue weighted by Gasteiger charge is -1.99. The molecule has 1 rings (SSSR count). The van der Waals surface area contributed by atoms with E-state index < -0.39 is 17.3 Å². The van der Waals surface area contributed by atoms with E-state index in [-0.39, 0.29) is 16.8 Å². The van der Waals surface area contributed by atoms with E-state index in [4.69, 9.17) is 10.6 Å². The van der Waals surface area contributed by atoms with Gasteiger partial charge in [-0.1, -0.05) is 0 Å². The van der Waals surface area contributed by atoms with E-state index >= 15 is 0 Å². The van der Waals surface area contributed by atoms with Crippen LogP contribution in [0.2, 0.25) is 0 Å². The summed E-state index contributed by atoms with van der Waals surface area (Å²) in [6, 6.07) is 3.61. The fourth-order valence-corrected chi connectivity index (χ4v) is 1.15. The highest BCUT2D eigenvalue weighted by molar-refractivity contribution is 6.33. The van der Waals surface area contributed by atoms with Gasteiger partial charge >= 0.3 is 6.21 Å². The van der Waals surface area contributed by atoms with Gasteiger partial charge in [0.2, 0.25) is 0 Å². The Morgan fingerprint density at radius 1 is 1.62 bits per heavy atom. The molecule has 0 saturated heterocycles. The summed E-state index contributed by atoms with van der Waals surface area (Å²) in [7, 11) is 0. The third kappa shape index (κ3) is 2.35. The van der Waals surface area contributed by atoms with Gasteiger partial charge in [0.25, 0.3) is 11.5 Å². The molecule has 0 aliphatic rings. The van der Waals surface area contributed by atoms with Crippen molar-refractivity contribution in [3.8, 4) is 0 Å². The minimum absolute atomic E-state index is 0.0155. The molecule has 82 valence electrons. The van der Waals surface area contributed by atoms with Gasteiger partial charge in [0.15, 0.2) is 0 Å². The van der Waals surface area contributed by atoms with Gasteiger partial charge in [0, 0.05) is 11.6 Å². The molecule has 7 heteroatoms. The van der Waals surface area contributed by atoms with E-state index in [9.17, 15) is 14.9 Å².